The first-order valence-corrected chi connectivity index (χ1v) is 10.4. The monoisotopic (exact) mass is 408 g/mol. The van der Waals surface area contributed by atoms with E-state index in [0.29, 0.717) is 5.56 Å². The minimum Gasteiger partial charge on any atom is -0.335 e. The first-order chi connectivity index (χ1) is 13.2. The van der Waals surface area contributed by atoms with E-state index in [0.717, 1.165) is 18.4 Å². The molecular weight excluding hydrogens is 390 g/mol. The Bertz CT molecular complexity index is 1010. The number of amides is 2. The zero-order valence-corrected chi connectivity index (χ0v) is 15.9. The van der Waals surface area contributed by atoms with Gasteiger partial charge in [0, 0.05) is 43.6 Å². The minimum atomic E-state index is -3.34. The topological polar surface area (TPSA) is 74.8 Å². The molecule has 148 valence electrons. The van der Waals surface area contributed by atoms with E-state index in [2.05, 4.69) is 0 Å². The van der Waals surface area contributed by atoms with Crippen molar-refractivity contribution >= 4 is 21.7 Å². The summed E-state index contributed by atoms with van der Waals surface area (Å²) >= 11 is 0. The van der Waals surface area contributed by atoms with Crippen LogP contribution in [0.4, 0.5) is 8.78 Å². The Labute approximate surface area is 161 Å². The SMILES string of the molecule is CS(=O)(=O)c1ccc(C(=O)N2CCN(C(=O)c3ccc(F)c(F)c3)CC2)cc1. The Balaban J connectivity index is 1.63. The number of carbonyl (C=O) groups excluding carboxylic acids is 2. The molecule has 0 atom stereocenters. The number of hydrogen-bond donors (Lipinski definition) is 0. The summed E-state index contributed by atoms with van der Waals surface area (Å²) < 4.78 is 49.3. The van der Waals surface area contributed by atoms with E-state index >= 15 is 0 Å². The van der Waals surface area contributed by atoms with Gasteiger partial charge in [-0.25, -0.2) is 17.2 Å². The average molecular weight is 408 g/mol. The molecular formula is C19H18F2N2O4S. The van der Waals surface area contributed by atoms with E-state index < -0.39 is 27.4 Å². The lowest BCUT2D eigenvalue weighted by Crippen LogP contribution is -2.50. The maximum absolute atomic E-state index is 13.3. The number of piperazine rings is 1. The third-order valence-electron chi connectivity index (χ3n) is 4.55. The van der Waals surface area contributed by atoms with Gasteiger partial charge in [-0.15, -0.1) is 0 Å². The van der Waals surface area contributed by atoms with Gasteiger partial charge < -0.3 is 9.80 Å². The van der Waals surface area contributed by atoms with Gasteiger partial charge in [0.25, 0.3) is 11.8 Å². The van der Waals surface area contributed by atoms with E-state index in [1.165, 1.54) is 35.2 Å². The number of benzene rings is 2. The predicted octanol–water partition coefficient (Wildman–Crippen LogP) is 1.97. The van der Waals surface area contributed by atoms with Crippen molar-refractivity contribution in [2.75, 3.05) is 32.4 Å². The molecule has 2 aromatic rings. The van der Waals surface area contributed by atoms with Crippen LogP contribution >= 0.6 is 0 Å². The molecule has 0 bridgehead atoms. The largest absolute Gasteiger partial charge is 0.335 e. The normalized spacial score (nSPS) is 14.8. The fraction of sp³-hybridized carbons (Fsp3) is 0.263. The molecule has 1 aliphatic heterocycles. The molecule has 0 N–H and O–H groups in total. The Morgan fingerprint density at radius 3 is 1.71 bits per heavy atom. The predicted molar refractivity (Wildman–Crippen MR) is 97.7 cm³/mol. The summed E-state index contributed by atoms with van der Waals surface area (Å²) in [6.07, 6.45) is 1.09. The zero-order valence-electron chi connectivity index (χ0n) is 15.1. The van der Waals surface area contributed by atoms with Crippen molar-refractivity contribution in [2.24, 2.45) is 0 Å². The number of sulfone groups is 1. The van der Waals surface area contributed by atoms with Crippen molar-refractivity contribution < 1.29 is 26.8 Å². The third kappa shape index (κ3) is 4.19. The maximum Gasteiger partial charge on any atom is 0.254 e. The van der Waals surface area contributed by atoms with Crippen molar-refractivity contribution in [3.05, 3.63) is 65.2 Å². The summed E-state index contributed by atoms with van der Waals surface area (Å²) in [4.78, 5) is 28.2. The van der Waals surface area contributed by atoms with Crippen LogP contribution in [0.1, 0.15) is 20.7 Å². The van der Waals surface area contributed by atoms with Gasteiger partial charge in [-0.05, 0) is 42.5 Å². The van der Waals surface area contributed by atoms with Gasteiger partial charge in [0.15, 0.2) is 21.5 Å². The number of rotatable bonds is 3. The highest BCUT2D eigenvalue weighted by Crippen LogP contribution is 2.16. The van der Waals surface area contributed by atoms with Gasteiger partial charge in [-0.1, -0.05) is 0 Å². The van der Waals surface area contributed by atoms with Crippen LogP contribution < -0.4 is 0 Å². The Morgan fingerprint density at radius 1 is 0.786 bits per heavy atom. The molecule has 0 aliphatic carbocycles. The highest BCUT2D eigenvalue weighted by Gasteiger charge is 2.26. The molecule has 2 amide bonds. The minimum absolute atomic E-state index is 0.0510. The second-order valence-corrected chi connectivity index (χ2v) is 8.53. The molecule has 0 saturated carbocycles. The van der Waals surface area contributed by atoms with E-state index in [1.807, 2.05) is 0 Å². The molecule has 0 spiro atoms. The zero-order chi connectivity index (χ0) is 20.5. The van der Waals surface area contributed by atoms with Crippen molar-refractivity contribution in [1.29, 1.82) is 0 Å². The highest BCUT2D eigenvalue weighted by atomic mass is 32.2. The van der Waals surface area contributed by atoms with E-state index in [4.69, 9.17) is 0 Å². The Morgan fingerprint density at radius 2 is 1.25 bits per heavy atom. The molecule has 9 heteroatoms. The Hall–Kier alpha value is -2.81. The van der Waals surface area contributed by atoms with Crippen LogP contribution in [0.5, 0.6) is 0 Å². The lowest BCUT2D eigenvalue weighted by atomic mass is 10.1. The third-order valence-corrected chi connectivity index (χ3v) is 5.68. The quantitative estimate of drug-likeness (QED) is 0.778. The smallest absolute Gasteiger partial charge is 0.254 e. The first kappa shape index (κ1) is 19.9. The van der Waals surface area contributed by atoms with Gasteiger partial charge >= 0.3 is 0 Å². The van der Waals surface area contributed by atoms with Crippen LogP contribution in [-0.2, 0) is 9.84 Å². The standard InChI is InChI=1S/C19H18F2N2O4S/c1-28(26,27)15-5-2-13(3-6-15)18(24)22-8-10-23(11-9-22)19(25)14-4-7-16(20)17(21)12-14/h2-7,12H,8-11H2,1H3. The molecule has 0 unspecified atom stereocenters. The van der Waals surface area contributed by atoms with Crippen LogP contribution in [-0.4, -0.2) is 62.5 Å². The second kappa shape index (κ2) is 7.67. The lowest BCUT2D eigenvalue weighted by molar-refractivity contribution is 0.0535. The van der Waals surface area contributed by atoms with Gasteiger partial charge in [0.2, 0.25) is 0 Å². The summed E-state index contributed by atoms with van der Waals surface area (Å²) in [6.45, 7) is 1.07. The molecule has 0 radical (unpaired) electrons. The summed E-state index contributed by atoms with van der Waals surface area (Å²) in [5, 5.41) is 0. The molecule has 2 aromatic carbocycles. The molecule has 0 aromatic heterocycles. The molecule has 28 heavy (non-hydrogen) atoms. The molecule has 1 aliphatic rings. The summed E-state index contributed by atoms with van der Waals surface area (Å²) in [5.41, 5.74) is 0.405. The van der Waals surface area contributed by atoms with Gasteiger partial charge in [-0.2, -0.15) is 0 Å². The maximum atomic E-state index is 13.3. The number of halogens is 2. The van der Waals surface area contributed by atoms with Crippen LogP contribution in [0, 0.1) is 11.6 Å². The lowest BCUT2D eigenvalue weighted by Gasteiger charge is -2.35. The van der Waals surface area contributed by atoms with Crippen molar-refractivity contribution in [1.82, 2.24) is 9.80 Å². The number of carbonyl (C=O) groups is 2. The number of nitrogens with zero attached hydrogens (tertiary/aromatic N) is 2. The molecule has 1 saturated heterocycles. The second-order valence-electron chi connectivity index (χ2n) is 6.51. The highest BCUT2D eigenvalue weighted by molar-refractivity contribution is 7.90. The van der Waals surface area contributed by atoms with Crippen molar-refractivity contribution in [2.45, 2.75) is 4.90 Å². The molecule has 1 fully saturated rings. The molecule has 1 heterocycles. The summed E-state index contributed by atoms with van der Waals surface area (Å²) in [5.74, 6) is -2.80. The summed E-state index contributed by atoms with van der Waals surface area (Å²) in [7, 11) is -3.34. The fourth-order valence-corrected chi connectivity index (χ4v) is 3.58. The van der Waals surface area contributed by atoms with Crippen LogP contribution in [0.15, 0.2) is 47.4 Å². The van der Waals surface area contributed by atoms with E-state index in [9.17, 15) is 26.8 Å². The van der Waals surface area contributed by atoms with E-state index in [-0.39, 0.29) is 42.5 Å². The number of hydrogen-bond acceptors (Lipinski definition) is 4. The average Bonchev–Trinajstić information content (AvgIpc) is 2.68. The molecule has 3 rings (SSSR count). The van der Waals surface area contributed by atoms with Crippen molar-refractivity contribution in [3.63, 3.8) is 0 Å². The fourth-order valence-electron chi connectivity index (χ4n) is 2.95. The molecule has 6 nitrogen and oxygen atoms in total. The van der Waals surface area contributed by atoms with Crippen molar-refractivity contribution in [3.8, 4) is 0 Å². The first-order valence-electron chi connectivity index (χ1n) is 8.50. The Kier molecular flexibility index (Phi) is 5.46. The van der Waals surface area contributed by atoms with E-state index in [1.54, 1.807) is 4.90 Å². The van der Waals surface area contributed by atoms with Crippen LogP contribution in [0.25, 0.3) is 0 Å². The van der Waals surface area contributed by atoms with Gasteiger partial charge in [-0.3, -0.25) is 9.59 Å². The van der Waals surface area contributed by atoms with Gasteiger partial charge in [0.1, 0.15) is 0 Å². The van der Waals surface area contributed by atoms with Crippen LogP contribution in [0.2, 0.25) is 0 Å². The van der Waals surface area contributed by atoms with Crippen LogP contribution in [0.3, 0.4) is 0 Å². The van der Waals surface area contributed by atoms with Gasteiger partial charge in [0.05, 0.1) is 4.90 Å². The summed E-state index contributed by atoms with van der Waals surface area (Å²) in [6, 6.07) is 8.66.